The lowest BCUT2D eigenvalue weighted by Gasteiger charge is -2.26. The van der Waals surface area contributed by atoms with Gasteiger partial charge in [0.1, 0.15) is 12.1 Å². The summed E-state index contributed by atoms with van der Waals surface area (Å²) in [6, 6.07) is 3.22. The number of nitro groups is 1. The Labute approximate surface area is 200 Å². The number of nitrogens with one attached hydrogen (secondary N) is 1. The van der Waals surface area contributed by atoms with E-state index in [-0.39, 0.29) is 29.4 Å². The molecule has 2 fully saturated rings. The van der Waals surface area contributed by atoms with Gasteiger partial charge in [-0.1, -0.05) is 0 Å². The molecule has 35 heavy (non-hydrogen) atoms. The van der Waals surface area contributed by atoms with E-state index in [2.05, 4.69) is 25.3 Å². The van der Waals surface area contributed by atoms with Gasteiger partial charge in [-0.15, -0.1) is 0 Å². The lowest BCUT2D eigenvalue weighted by molar-refractivity contribution is -0.386. The van der Waals surface area contributed by atoms with Gasteiger partial charge in [0.05, 0.1) is 29.4 Å². The van der Waals surface area contributed by atoms with Crippen molar-refractivity contribution in [2.45, 2.75) is 25.3 Å². The molecular formula is C23H25N7O5. The molecule has 0 spiro atoms. The van der Waals surface area contributed by atoms with Gasteiger partial charge in [0.15, 0.2) is 0 Å². The van der Waals surface area contributed by atoms with E-state index in [4.69, 9.17) is 9.47 Å². The highest BCUT2D eigenvalue weighted by Crippen LogP contribution is 2.31. The van der Waals surface area contributed by atoms with E-state index >= 15 is 0 Å². The van der Waals surface area contributed by atoms with Crippen LogP contribution < -0.4 is 10.1 Å². The zero-order valence-electron chi connectivity index (χ0n) is 19.2. The van der Waals surface area contributed by atoms with Crippen LogP contribution in [0.3, 0.4) is 0 Å². The second kappa shape index (κ2) is 9.74. The number of hydrogen-bond donors (Lipinski definition) is 1. The fraction of sp³-hybridized carbons (Fsp3) is 0.435. The van der Waals surface area contributed by atoms with Gasteiger partial charge in [0.25, 0.3) is 5.88 Å². The molecule has 0 saturated carbocycles. The Kier molecular flexibility index (Phi) is 6.36. The first-order valence-corrected chi connectivity index (χ1v) is 11.5. The highest BCUT2D eigenvalue weighted by atomic mass is 16.6. The van der Waals surface area contributed by atoms with Crippen LogP contribution in [0.1, 0.15) is 19.3 Å². The molecule has 1 N–H and O–H groups in total. The average Bonchev–Trinajstić information content (AvgIpc) is 3.36. The minimum Gasteiger partial charge on any atom is -0.476 e. The molecule has 0 unspecified atom stereocenters. The number of carbonyl (C=O) groups is 1. The number of nitrogens with zero attached hydrogens (tertiary/aromatic N) is 6. The van der Waals surface area contributed by atoms with Crippen LogP contribution in [0.15, 0.2) is 30.9 Å². The number of pyridine rings is 2. The molecule has 5 heterocycles. The predicted molar refractivity (Wildman–Crippen MR) is 126 cm³/mol. The van der Waals surface area contributed by atoms with Gasteiger partial charge < -0.3 is 19.7 Å². The fourth-order valence-electron chi connectivity index (χ4n) is 4.58. The van der Waals surface area contributed by atoms with E-state index in [0.717, 1.165) is 24.6 Å². The number of ether oxygens (including phenoxy) is 2. The van der Waals surface area contributed by atoms with Crippen molar-refractivity contribution >= 4 is 28.3 Å². The molecule has 0 bridgehead atoms. The second-order valence-corrected chi connectivity index (χ2v) is 8.62. The van der Waals surface area contributed by atoms with Gasteiger partial charge in [-0.2, -0.15) is 0 Å². The lowest BCUT2D eigenvalue weighted by atomic mass is 9.99. The van der Waals surface area contributed by atoms with E-state index in [1.54, 1.807) is 12.3 Å². The number of aromatic nitrogens is 4. The molecule has 2 aliphatic rings. The summed E-state index contributed by atoms with van der Waals surface area (Å²) >= 11 is 0. The number of anilines is 1. The van der Waals surface area contributed by atoms with Crippen LogP contribution in [0.25, 0.3) is 22.2 Å². The Balaban J connectivity index is 1.37. The summed E-state index contributed by atoms with van der Waals surface area (Å²) in [5, 5.41) is 15.6. The summed E-state index contributed by atoms with van der Waals surface area (Å²) in [6.07, 6.45) is 6.91. The van der Waals surface area contributed by atoms with Crippen LogP contribution in [-0.4, -0.2) is 75.1 Å². The van der Waals surface area contributed by atoms with Gasteiger partial charge in [-0.05, 0) is 25.3 Å². The summed E-state index contributed by atoms with van der Waals surface area (Å²) in [6.45, 7) is 2.59. The molecule has 12 nitrogen and oxygen atoms in total. The molecule has 3 aromatic rings. The third kappa shape index (κ3) is 4.69. The normalized spacial score (nSPS) is 18.5. The maximum atomic E-state index is 12.9. The predicted octanol–water partition coefficient (Wildman–Crippen LogP) is 2.44. The van der Waals surface area contributed by atoms with E-state index in [1.807, 2.05) is 4.90 Å². The summed E-state index contributed by atoms with van der Waals surface area (Å²) in [5.41, 5.74) is 1.37. The summed E-state index contributed by atoms with van der Waals surface area (Å²) in [7, 11) is 1.33. The third-order valence-electron chi connectivity index (χ3n) is 6.45. The van der Waals surface area contributed by atoms with Gasteiger partial charge >= 0.3 is 5.69 Å². The number of rotatable bonds is 6. The number of methoxy groups -OCH3 is 1. The van der Waals surface area contributed by atoms with Gasteiger partial charge in [0, 0.05) is 61.5 Å². The van der Waals surface area contributed by atoms with E-state index in [0.29, 0.717) is 48.9 Å². The molecule has 1 atom stereocenters. The zero-order valence-corrected chi connectivity index (χ0v) is 19.2. The monoisotopic (exact) mass is 479 g/mol. The summed E-state index contributed by atoms with van der Waals surface area (Å²) in [5.74, 6) is 0.801. The Bertz CT molecular complexity index is 1260. The summed E-state index contributed by atoms with van der Waals surface area (Å²) in [4.78, 5) is 42.8. The van der Waals surface area contributed by atoms with Gasteiger partial charge in [0.2, 0.25) is 5.91 Å². The number of hydrogen-bond acceptors (Lipinski definition) is 10. The van der Waals surface area contributed by atoms with E-state index in [9.17, 15) is 14.9 Å². The highest BCUT2D eigenvalue weighted by molar-refractivity contribution is 5.91. The van der Waals surface area contributed by atoms with Gasteiger partial charge in [-0.3, -0.25) is 19.9 Å². The van der Waals surface area contributed by atoms with Crippen molar-refractivity contribution in [1.29, 1.82) is 0 Å². The minimum atomic E-state index is -0.542. The quantitative estimate of drug-likeness (QED) is 0.413. The van der Waals surface area contributed by atoms with Crippen molar-refractivity contribution in [1.82, 2.24) is 24.8 Å². The summed E-state index contributed by atoms with van der Waals surface area (Å²) < 4.78 is 10.4. The standard InChI is InChI=1S/C23H25N7O5/c1-34-22-20(30(32)33)8-15(10-25-22)18-9-17-19(11-24-18)26-13-27-21(17)28-16-2-5-29(12-16)23(31)14-3-6-35-7-4-14/h8-11,13-14,16H,2-7,12H2,1H3,(H,26,27,28)/t16-/m0/s1. The Morgan fingerprint density at radius 2 is 2.00 bits per heavy atom. The van der Waals surface area contributed by atoms with Crippen molar-refractivity contribution in [2.75, 3.05) is 38.7 Å². The van der Waals surface area contributed by atoms with Crippen LogP contribution >= 0.6 is 0 Å². The van der Waals surface area contributed by atoms with Crippen molar-refractivity contribution in [2.24, 2.45) is 5.92 Å². The van der Waals surface area contributed by atoms with Crippen molar-refractivity contribution in [3.63, 3.8) is 0 Å². The molecule has 0 radical (unpaired) electrons. The molecule has 182 valence electrons. The molecule has 12 heteroatoms. The smallest absolute Gasteiger partial charge is 0.331 e. The minimum absolute atomic E-state index is 0.0400. The first-order valence-electron chi connectivity index (χ1n) is 11.5. The molecule has 1 amide bonds. The third-order valence-corrected chi connectivity index (χ3v) is 6.45. The molecular weight excluding hydrogens is 454 g/mol. The highest BCUT2D eigenvalue weighted by Gasteiger charge is 2.32. The number of fused-ring (bicyclic) bond motifs is 1. The fourth-order valence-corrected chi connectivity index (χ4v) is 4.58. The molecule has 2 saturated heterocycles. The van der Waals surface area contributed by atoms with Crippen LogP contribution in [0.4, 0.5) is 11.5 Å². The molecule has 5 rings (SSSR count). The molecule has 2 aliphatic heterocycles. The largest absolute Gasteiger partial charge is 0.476 e. The first-order chi connectivity index (χ1) is 17.0. The first kappa shape index (κ1) is 22.8. The van der Waals surface area contributed by atoms with Crippen molar-refractivity contribution in [3.8, 4) is 17.1 Å². The molecule has 0 aliphatic carbocycles. The van der Waals surface area contributed by atoms with Crippen LogP contribution in [-0.2, 0) is 9.53 Å². The van der Waals surface area contributed by atoms with Crippen LogP contribution in [0.5, 0.6) is 5.88 Å². The number of carbonyl (C=O) groups excluding carboxylic acids is 1. The lowest BCUT2D eigenvalue weighted by Crippen LogP contribution is -2.38. The zero-order chi connectivity index (χ0) is 24.4. The van der Waals surface area contributed by atoms with Crippen molar-refractivity contribution < 1.29 is 19.2 Å². The Hall–Kier alpha value is -3.93. The molecule has 3 aromatic heterocycles. The van der Waals surface area contributed by atoms with Crippen LogP contribution in [0, 0.1) is 16.0 Å². The molecule has 0 aromatic carbocycles. The van der Waals surface area contributed by atoms with E-state index < -0.39 is 4.92 Å². The second-order valence-electron chi connectivity index (χ2n) is 8.62. The maximum Gasteiger partial charge on any atom is 0.331 e. The SMILES string of the molecule is COc1ncc(-c2cc3c(N[C@H]4CCN(C(=O)C5CCOCC5)C4)ncnc3cn2)cc1[N+](=O)[O-]. The van der Waals surface area contributed by atoms with Crippen LogP contribution in [0.2, 0.25) is 0 Å². The van der Waals surface area contributed by atoms with Crippen molar-refractivity contribution in [3.05, 3.63) is 41.0 Å². The topological polar surface area (TPSA) is 146 Å². The number of amides is 1. The number of likely N-dealkylation sites (tertiary alicyclic amines) is 1. The Morgan fingerprint density at radius 1 is 1.17 bits per heavy atom. The van der Waals surface area contributed by atoms with E-state index in [1.165, 1.54) is 25.7 Å². The Morgan fingerprint density at radius 3 is 2.77 bits per heavy atom. The van der Waals surface area contributed by atoms with Gasteiger partial charge in [-0.25, -0.2) is 15.0 Å². The average molecular weight is 479 g/mol. The maximum absolute atomic E-state index is 12.9.